The van der Waals surface area contributed by atoms with Crippen LogP contribution in [0.25, 0.3) is 0 Å². The number of nitrogens with two attached hydrogens (primary N) is 1. The molecule has 1 atom stereocenters. The molecule has 0 radical (unpaired) electrons. The van der Waals surface area contributed by atoms with E-state index in [2.05, 4.69) is 11.8 Å². The van der Waals surface area contributed by atoms with Gasteiger partial charge in [-0.3, -0.25) is 0 Å². The highest BCUT2D eigenvalue weighted by Crippen LogP contribution is 2.30. The fourth-order valence-corrected chi connectivity index (χ4v) is 2.04. The van der Waals surface area contributed by atoms with Crippen molar-refractivity contribution < 1.29 is 10.2 Å². The molecule has 1 aliphatic rings. The molecule has 0 saturated carbocycles. The lowest BCUT2D eigenvalue weighted by atomic mass is 9.80. The zero-order chi connectivity index (χ0) is 11.5. The van der Waals surface area contributed by atoms with E-state index in [9.17, 15) is 5.11 Å². The Balaban J connectivity index is 2.39. The van der Waals surface area contributed by atoms with E-state index in [-0.39, 0.29) is 12.0 Å². The normalized spacial score (nSPS) is 23.7. The Labute approximate surface area is 96.1 Å². The minimum atomic E-state index is -0.640. The van der Waals surface area contributed by atoms with Gasteiger partial charge in [0.05, 0.1) is 17.7 Å². The first-order valence-corrected chi connectivity index (χ1v) is 5.70. The third kappa shape index (κ3) is 3.38. The van der Waals surface area contributed by atoms with E-state index in [0.29, 0.717) is 11.5 Å². The van der Waals surface area contributed by atoms with E-state index in [1.807, 2.05) is 0 Å². The molecule has 15 heavy (non-hydrogen) atoms. The van der Waals surface area contributed by atoms with Crippen LogP contribution in [-0.4, -0.2) is 52.4 Å². The van der Waals surface area contributed by atoms with Gasteiger partial charge in [0, 0.05) is 12.0 Å². The van der Waals surface area contributed by atoms with E-state index >= 15 is 0 Å². The molecule has 0 aromatic rings. The van der Waals surface area contributed by atoms with Gasteiger partial charge in [0.1, 0.15) is 0 Å². The van der Waals surface area contributed by atoms with Crippen LogP contribution >= 0.6 is 12.2 Å². The van der Waals surface area contributed by atoms with Crippen molar-refractivity contribution in [3.05, 3.63) is 0 Å². The standard InChI is InChI=1S/C10H20N2O2S/c1-10(9(11)15)2-4-12(5-3-10)6-8(14)7-13/h8,13-14H,2-7H2,1H3,(H2,11,15). The van der Waals surface area contributed by atoms with Gasteiger partial charge in [0.2, 0.25) is 0 Å². The van der Waals surface area contributed by atoms with Crippen molar-refractivity contribution >= 4 is 17.2 Å². The summed E-state index contributed by atoms with van der Waals surface area (Å²) in [6, 6.07) is 0. The maximum atomic E-state index is 9.31. The van der Waals surface area contributed by atoms with Crippen LogP contribution in [-0.2, 0) is 0 Å². The molecule has 1 saturated heterocycles. The van der Waals surface area contributed by atoms with Crippen molar-refractivity contribution in [2.45, 2.75) is 25.9 Å². The molecule has 0 aromatic carbocycles. The van der Waals surface area contributed by atoms with Gasteiger partial charge in [-0.1, -0.05) is 19.1 Å². The highest BCUT2D eigenvalue weighted by Gasteiger charge is 2.32. The molecule has 1 fully saturated rings. The largest absolute Gasteiger partial charge is 0.394 e. The molecule has 1 heterocycles. The molecule has 0 spiro atoms. The molecule has 0 amide bonds. The number of nitrogens with zero attached hydrogens (tertiary/aromatic N) is 1. The first-order chi connectivity index (χ1) is 6.98. The SMILES string of the molecule is CC1(C(N)=S)CCN(CC(O)CO)CC1. The van der Waals surface area contributed by atoms with Crippen LogP contribution in [0.1, 0.15) is 19.8 Å². The first-order valence-electron chi connectivity index (χ1n) is 5.29. The Morgan fingerprint density at radius 3 is 2.47 bits per heavy atom. The second-order valence-electron chi connectivity index (χ2n) is 4.56. The minimum Gasteiger partial charge on any atom is -0.394 e. The van der Waals surface area contributed by atoms with Crippen LogP contribution in [0.3, 0.4) is 0 Å². The molecule has 1 rings (SSSR count). The quantitative estimate of drug-likeness (QED) is 0.582. The fourth-order valence-electron chi connectivity index (χ4n) is 1.83. The Bertz CT molecular complexity index is 227. The van der Waals surface area contributed by atoms with Crippen LogP contribution in [0.2, 0.25) is 0 Å². The summed E-state index contributed by atoms with van der Waals surface area (Å²) in [6.07, 6.45) is 1.22. The topological polar surface area (TPSA) is 69.7 Å². The van der Waals surface area contributed by atoms with Gasteiger partial charge >= 0.3 is 0 Å². The molecule has 88 valence electrons. The molecule has 0 aromatic heterocycles. The highest BCUT2D eigenvalue weighted by molar-refractivity contribution is 7.80. The van der Waals surface area contributed by atoms with E-state index in [1.165, 1.54) is 0 Å². The third-order valence-corrected chi connectivity index (χ3v) is 3.73. The number of hydrogen-bond acceptors (Lipinski definition) is 4. The zero-order valence-corrected chi connectivity index (χ0v) is 9.96. The first kappa shape index (κ1) is 12.8. The predicted octanol–water partition coefficient (Wildman–Crippen LogP) is -0.272. The Morgan fingerprint density at radius 1 is 1.53 bits per heavy atom. The molecule has 1 aliphatic heterocycles. The predicted molar refractivity (Wildman–Crippen MR) is 63.7 cm³/mol. The van der Waals surface area contributed by atoms with Crippen LogP contribution in [0.15, 0.2) is 0 Å². The maximum Gasteiger partial charge on any atom is 0.0897 e. The van der Waals surface area contributed by atoms with Crippen LogP contribution in [0.5, 0.6) is 0 Å². The number of aliphatic hydroxyl groups excluding tert-OH is 2. The van der Waals surface area contributed by atoms with Gasteiger partial charge in [-0.25, -0.2) is 0 Å². The summed E-state index contributed by atoms with van der Waals surface area (Å²) in [5, 5.41) is 18.0. The summed E-state index contributed by atoms with van der Waals surface area (Å²) in [5.74, 6) is 0. The number of thiocarbonyl (C=S) groups is 1. The van der Waals surface area contributed by atoms with Gasteiger partial charge in [-0.15, -0.1) is 0 Å². The zero-order valence-electron chi connectivity index (χ0n) is 9.15. The lowest BCUT2D eigenvalue weighted by Gasteiger charge is -2.39. The fraction of sp³-hybridized carbons (Fsp3) is 0.900. The lowest BCUT2D eigenvalue weighted by molar-refractivity contribution is 0.0440. The molecule has 0 bridgehead atoms. The summed E-state index contributed by atoms with van der Waals surface area (Å²) in [5.41, 5.74) is 5.67. The summed E-state index contributed by atoms with van der Waals surface area (Å²) < 4.78 is 0. The molecular weight excluding hydrogens is 212 g/mol. The Hall–Kier alpha value is -0.230. The second-order valence-corrected chi connectivity index (χ2v) is 5.00. The monoisotopic (exact) mass is 232 g/mol. The van der Waals surface area contributed by atoms with Crippen LogP contribution in [0.4, 0.5) is 0 Å². The van der Waals surface area contributed by atoms with Crippen molar-refractivity contribution in [1.29, 1.82) is 0 Å². The lowest BCUT2D eigenvalue weighted by Crippen LogP contribution is -2.47. The molecule has 5 heteroatoms. The third-order valence-electron chi connectivity index (χ3n) is 3.23. The summed E-state index contributed by atoms with van der Waals surface area (Å²) in [6.45, 7) is 4.21. The second kappa shape index (κ2) is 5.21. The molecule has 0 aliphatic carbocycles. The Morgan fingerprint density at radius 2 is 2.07 bits per heavy atom. The van der Waals surface area contributed by atoms with E-state index in [4.69, 9.17) is 23.1 Å². The van der Waals surface area contributed by atoms with Gasteiger partial charge < -0.3 is 20.8 Å². The van der Waals surface area contributed by atoms with Crippen LogP contribution < -0.4 is 5.73 Å². The van der Waals surface area contributed by atoms with Gasteiger partial charge in [-0.05, 0) is 25.9 Å². The number of likely N-dealkylation sites (tertiary alicyclic amines) is 1. The Kier molecular flexibility index (Phi) is 4.45. The van der Waals surface area contributed by atoms with E-state index < -0.39 is 6.10 Å². The molecule has 4 N–H and O–H groups in total. The summed E-state index contributed by atoms with van der Waals surface area (Å²) >= 11 is 5.05. The number of aliphatic hydroxyl groups is 2. The van der Waals surface area contributed by atoms with Crippen molar-refractivity contribution in [1.82, 2.24) is 4.90 Å². The summed E-state index contributed by atoms with van der Waals surface area (Å²) in [7, 11) is 0. The number of β-amino-alcohol motifs (C(OH)–C–C–N with tert-alkyl or cyclic N) is 1. The average molecular weight is 232 g/mol. The van der Waals surface area contributed by atoms with E-state index in [0.717, 1.165) is 25.9 Å². The maximum absolute atomic E-state index is 9.31. The van der Waals surface area contributed by atoms with Gasteiger partial charge in [-0.2, -0.15) is 0 Å². The van der Waals surface area contributed by atoms with E-state index in [1.54, 1.807) is 0 Å². The molecule has 1 unspecified atom stereocenters. The minimum absolute atomic E-state index is 0.0317. The number of piperidine rings is 1. The smallest absolute Gasteiger partial charge is 0.0897 e. The van der Waals surface area contributed by atoms with Gasteiger partial charge in [0.25, 0.3) is 0 Å². The number of hydrogen-bond donors (Lipinski definition) is 3. The van der Waals surface area contributed by atoms with Crippen molar-refractivity contribution in [2.75, 3.05) is 26.2 Å². The highest BCUT2D eigenvalue weighted by atomic mass is 32.1. The summed E-state index contributed by atoms with van der Waals surface area (Å²) in [4.78, 5) is 2.73. The van der Waals surface area contributed by atoms with Crippen molar-refractivity contribution in [2.24, 2.45) is 11.1 Å². The molecule has 4 nitrogen and oxygen atoms in total. The average Bonchev–Trinajstić information content (AvgIpc) is 2.21. The van der Waals surface area contributed by atoms with Gasteiger partial charge in [0.15, 0.2) is 0 Å². The van der Waals surface area contributed by atoms with Crippen LogP contribution in [0, 0.1) is 5.41 Å². The number of rotatable bonds is 4. The molecular formula is C10H20N2O2S. The van der Waals surface area contributed by atoms with Crippen molar-refractivity contribution in [3.8, 4) is 0 Å². The van der Waals surface area contributed by atoms with Crippen molar-refractivity contribution in [3.63, 3.8) is 0 Å².